The molecule has 0 aliphatic carbocycles. The van der Waals surface area contributed by atoms with Gasteiger partial charge in [-0.3, -0.25) is 33.6 Å². The lowest BCUT2D eigenvalue weighted by atomic mass is 9.97. The summed E-state index contributed by atoms with van der Waals surface area (Å²) in [5.74, 6) is -2.43. The van der Waals surface area contributed by atoms with Crippen molar-refractivity contribution in [3.8, 4) is 0 Å². The van der Waals surface area contributed by atoms with Crippen LogP contribution in [0.5, 0.6) is 0 Å². The number of hydrogen-bond acceptors (Lipinski definition) is 19. The molecule has 0 spiro atoms. The molecule has 25 heteroatoms. The van der Waals surface area contributed by atoms with E-state index in [9.17, 15) is 64.2 Å². The molecule has 11 atom stereocenters. The molecule has 0 aromatic carbocycles. The number of carbonyl (C=O) groups excluding carboxylic acids is 7. The first-order valence-electron chi connectivity index (χ1n) is 23.7. The minimum atomic E-state index is -1.48. The summed E-state index contributed by atoms with van der Waals surface area (Å²) >= 11 is 0. The average Bonchev–Trinajstić information content (AvgIpc) is 3.30. The van der Waals surface area contributed by atoms with Crippen molar-refractivity contribution in [2.75, 3.05) is 72.5 Å². The summed E-state index contributed by atoms with van der Waals surface area (Å²) in [6.07, 6.45) is -6.54. The summed E-state index contributed by atoms with van der Waals surface area (Å²) in [4.78, 5) is 86.3. The molecule has 2 heterocycles. The van der Waals surface area contributed by atoms with Crippen LogP contribution in [0.4, 0.5) is 0 Å². The number of nitrogens with one attached hydrogen (secondary N) is 6. The number of Topliss-reactive ketones (excluding diaryl/α,β-unsaturated/α-hetero) is 1. The van der Waals surface area contributed by atoms with E-state index >= 15 is 0 Å². The van der Waals surface area contributed by atoms with Gasteiger partial charge < -0.3 is 91.0 Å². The second-order valence-corrected chi connectivity index (χ2v) is 17.1. The normalized spacial score (nSPS) is 25.0. The lowest BCUT2D eigenvalue weighted by Gasteiger charge is -2.42. The van der Waals surface area contributed by atoms with Gasteiger partial charge in [0.2, 0.25) is 35.4 Å². The maximum absolute atomic E-state index is 13.3. The average molecular weight is 995 g/mol. The fraction of sp³-hybridized carbons (Fsp3) is 0.841. The van der Waals surface area contributed by atoms with Crippen molar-refractivity contribution in [3.63, 3.8) is 0 Å². The van der Waals surface area contributed by atoms with Gasteiger partial charge in [0.05, 0.1) is 52.9 Å². The zero-order chi connectivity index (χ0) is 51.3. The van der Waals surface area contributed by atoms with Crippen molar-refractivity contribution < 1.29 is 92.6 Å². The highest BCUT2D eigenvalue weighted by Gasteiger charge is 2.46. The van der Waals surface area contributed by atoms with Crippen LogP contribution in [0.3, 0.4) is 0 Å². The van der Waals surface area contributed by atoms with Gasteiger partial charge in [-0.2, -0.15) is 0 Å². The molecule has 0 saturated carbocycles. The zero-order valence-electron chi connectivity index (χ0n) is 40.3. The standard InChI is InChI=1S/C44H78N6O19/c1-26(2)30(55)10-7-5-6-8-11-33(56)45-15-9-12-35(58)50-29(42(63)47-17-19-65-21-23-67-44-37(49-28(4)54)41(62)39(60)32(25-52)69-44)13-14-34(57)46-16-18-64-20-22-66-43-36(48-27(3)53)40(61)38(59)31(24-51)68-43/h26,29,31-32,36-41,43-44,51-52,59-62H,5-25H2,1-4H3,(H,45,56)(H,46,57)(H,47,63)(H,48,53)(H,49,54)(H,50,58). The highest BCUT2D eigenvalue weighted by molar-refractivity contribution is 5.88. The Morgan fingerprint density at radius 3 is 1.49 bits per heavy atom. The smallest absolute Gasteiger partial charge is 0.242 e. The van der Waals surface area contributed by atoms with Gasteiger partial charge in [-0.25, -0.2) is 0 Å². The Bertz CT molecular complexity index is 1560. The Kier molecular flexibility index (Phi) is 30.4. The Balaban J connectivity index is 1.81. The van der Waals surface area contributed by atoms with Crippen LogP contribution in [0.2, 0.25) is 0 Å². The molecule has 0 radical (unpaired) electrons. The van der Waals surface area contributed by atoms with Gasteiger partial charge in [-0.05, 0) is 25.7 Å². The van der Waals surface area contributed by atoms with E-state index in [1.54, 1.807) is 0 Å². The third kappa shape index (κ3) is 24.1. The van der Waals surface area contributed by atoms with E-state index < -0.39 is 110 Å². The van der Waals surface area contributed by atoms with Crippen LogP contribution in [0.15, 0.2) is 0 Å². The van der Waals surface area contributed by atoms with Gasteiger partial charge in [0, 0.05) is 65.1 Å². The number of unbranched alkanes of at least 4 members (excludes halogenated alkanes) is 3. The number of ether oxygens (including phenoxy) is 6. The minimum Gasteiger partial charge on any atom is -0.394 e. The molecule has 0 aromatic heterocycles. The molecule has 6 amide bonds. The van der Waals surface area contributed by atoms with E-state index in [1.807, 2.05) is 13.8 Å². The fourth-order valence-corrected chi connectivity index (χ4v) is 7.20. The van der Waals surface area contributed by atoms with Gasteiger partial charge in [0.25, 0.3) is 0 Å². The molecule has 11 unspecified atom stereocenters. The molecule has 2 aliphatic rings. The molecule has 0 bridgehead atoms. The molecule has 25 nitrogen and oxygen atoms in total. The topological polar surface area (TPSA) is 368 Å². The third-order valence-electron chi connectivity index (χ3n) is 11.1. The molecule has 2 saturated heterocycles. The molecule has 69 heavy (non-hydrogen) atoms. The SMILES string of the molecule is CC(=O)NC1C(OCCOCCNC(=O)CCC(NC(=O)CCCNC(=O)CCCCCCC(=O)C(C)C)C(=O)NCCOCCOC2OC(CO)C(O)C(O)C2NC(C)=O)OC(CO)C(O)C1O. The number of aliphatic hydroxyl groups is 6. The molecular formula is C44H78N6O19. The van der Waals surface area contributed by atoms with Crippen molar-refractivity contribution in [3.05, 3.63) is 0 Å². The second kappa shape index (κ2) is 34.4. The predicted octanol–water partition coefficient (Wildman–Crippen LogP) is -4.10. The van der Waals surface area contributed by atoms with E-state index in [0.717, 1.165) is 19.3 Å². The van der Waals surface area contributed by atoms with Crippen LogP contribution in [-0.4, -0.2) is 212 Å². The lowest BCUT2D eigenvalue weighted by molar-refractivity contribution is -0.272. The molecule has 2 fully saturated rings. The molecule has 398 valence electrons. The molecular weight excluding hydrogens is 917 g/mol. The Labute approximate surface area is 402 Å². The van der Waals surface area contributed by atoms with E-state index in [1.165, 1.54) is 13.8 Å². The Morgan fingerprint density at radius 1 is 0.536 bits per heavy atom. The second-order valence-electron chi connectivity index (χ2n) is 17.1. The van der Waals surface area contributed by atoms with Crippen LogP contribution in [0, 0.1) is 5.92 Å². The summed E-state index contributed by atoms with van der Waals surface area (Å²) < 4.78 is 33.2. The number of rotatable bonds is 35. The molecule has 12 N–H and O–H groups in total. The number of carbonyl (C=O) groups is 7. The summed E-state index contributed by atoms with van der Waals surface area (Å²) in [5, 5.41) is 75.8. The third-order valence-corrected chi connectivity index (χ3v) is 11.1. The number of ketones is 1. The van der Waals surface area contributed by atoms with Crippen LogP contribution >= 0.6 is 0 Å². The number of amides is 6. The molecule has 0 aromatic rings. The first-order valence-corrected chi connectivity index (χ1v) is 23.7. The minimum absolute atomic E-state index is 0.00211. The van der Waals surface area contributed by atoms with Crippen molar-refractivity contribution in [2.45, 2.75) is 159 Å². The van der Waals surface area contributed by atoms with Crippen LogP contribution in [0.25, 0.3) is 0 Å². The van der Waals surface area contributed by atoms with Gasteiger partial charge >= 0.3 is 0 Å². The van der Waals surface area contributed by atoms with Crippen molar-refractivity contribution in [1.82, 2.24) is 31.9 Å². The Hall–Kier alpha value is -3.99. The highest BCUT2D eigenvalue weighted by Crippen LogP contribution is 2.23. The Morgan fingerprint density at radius 2 is 1.00 bits per heavy atom. The summed E-state index contributed by atoms with van der Waals surface area (Å²) in [6.45, 7) is 5.15. The van der Waals surface area contributed by atoms with E-state index in [4.69, 9.17) is 28.4 Å². The first-order chi connectivity index (χ1) is 32.9. The number of aliphatic hydroxyl groups excluding tert-OH is 6. The quantitative estimate of drug-likeness (QED) is 0.0269. The van der Waals surface area contributed by atoms with Crippen molar-refractivity contribution in [1.29, 1.82) is 0 Å². The summed E-state index contributed by atoms with van der Waals surface area (Å²) in [6, 6.07) is -3.36. The summed E-state index contributed by atoms with van der Waals surface area (Å²) in [7, 11) is 0. The lowest BCUT2D eigenvalue weighted by Crippen LogP contribution is -2.64. The van der Waals surface area contributed by atoms with Gasteiger partial charge in [-0.1, -0.05) is 26.7 Å². The monoisotopic (exact) mass is 995 g/mol. The van der Waals surface area contributed by atoms with Crippen molar-refractivity contribution in [2.24, 2.45) is 5.92 Å². The van der Waals surface area contributed by atoms with Crippen LogP contribution in [0.1, 0.15) is 91.9 Å². The maximum Gasteiger partial charge on any atom is 0.242 e. The largest absolute Gasteiger partial charge is 0.394 e. The van der Waals surface area contributed by atoms with Crippen molar-refractivity contribution >= 4 is 41.2 Å². The maximum atomic E-state index is 13.3. The fourth-order valence-electron chi connectivity index (χ4n) is 7.20. The molecule has 2 aliphatic heterocycles. The van der Waals surface area contributed by atoms with Crippen LogP contribution < -0.4 is 31.9 Å². The van der Waals surface area contributed by atoms with E-state index in [0.29, 0.717) is 25.7 Å². The van der Waals surface area contributed by atoms with Gasteiger partial charge in [0.1, 0.15) is 60.5 Å². The van der Waals surface area contributed by atoms with Gasteiger partial charge in [0.15, 0.2) is 12.6 Å². The van der Waals surface area contributed by atoms with E-state index in [2.05, 4.69) is 31.9 Å². The number of hydrogen-bond donors (Lipinski definition) is 12. The highest BCUT2D eigenvalue weighted by atomic mass is 16.7. The predicted molar refractivity (Wildman–Crippen MR) is 241 cm³/mol. The summed E-state index contributed by atoms with van der Waals surface area (Å²) in [5.41, 5.74) is 0. The zero-order valence-corrected chi connectivity index (χ0v) is 40.3. The molecule has 2 rings (SSSR count). The van der Waals surface area contributed by atoms with Crippen LogP contribution in [-0.2, 0) is 62.0 Å². The van der Waals surface area contributed by atoms with Gasteiger partial charge in [-0.15, -0.1) is 0 Å². The first kappa shape index (κ1) is 61.1. The van der Waals surface area contributed by atoms with E-state index in [-0.39, 0.29) is 96.1 Å².